The van der Waals surface area contributed by atoms with Crippen LogP contribution in [0.3, 0.4) is 0 Å². The Balaban J connectivity index is 1.42. The summed E-state index contributed by atoms with van der Waals surface area (Å²) in [6, 6.07) is 8.07. The second-order valence-electron chi connectivity index (χ2n) is 7.65. The van der Waals surface area contributed by atoms with E-state index in [9.17, 15) is 9.59 Å². The van der Waals surface area contributed by atoms with Gasteiger partial charge in [-0.1, -0.05) is 23.7 Å². The summed E-state index contributed by atoms with van der Waals surface area (Å²) in [5.74, 6) is -0.0552. The molecule has 0 bridgehead atoms. The largest absolute Gasteiger partial charge is 0.352 e. The molecule has 2 amide bonds. The zero-order valence-corrected chi connectivity index (χ0v) is 16.9. The molecular weight excluding hydrogens is 364 g/mol. The highest BCUT2D eigenvalue weighted by Crippen LogP contribution is 2.18. The second kappa shape index (κ2) is 9.04. The zero-order chi connectivity index (χ0) is 19.4. The van der Waals surface area contributed by atoms with Crippen molar-refractivity contribution in [3.8, 4) is 0 Å². The Bertz CT molecular complexity index is 654. The minimum atomic E-state index is -0.207. The monoisotopic (exact) mass is 392 g/mol. The van der Waals surface area contributed by atoms with Gasteiger partial charge in [-0.3, -0.25) is 19.4 Å². The standard InChI is InChI=1S/C20H29ClN4O2/c1-15(20(27)23(2)14-19(26)22-18-7-8-18)25-11-9-24(10-12-25)13-16-3-5-17(21)6-4-16/h3-6,15,18H,7-14H2,1-2H3,(H,22,26). The summed E-state index contributed by atoms with van der Waals surface area (Å²) < 4.78 is 0. The molecule has 1 aliphatic carbocycles. The van der Waals surface area contributed by atoms with Gasteiger partial charge in [0.05, 0.1) is 12.6 Å². The smallest absolute Gasteiger partial charge is 0.239 e. The number of carbonyl (C=O) groups excluding carboxylic acids is 2. The average molecular weight is 393 g/mol. The van der Waals surface area contributed by atoms with Gasteiger partial charge in [0.1, 0.15) is 0 Å². The highest BCUT2D eigenvalue weighted by Gasteiger charge is 2.29. The molecule has 27 heavy (non-hydrogen) atoms. The predicted molar refractivity (Wildman–Crippen MR) is 107 cm³/mol. The van der Waals surface area contributed by atoms with Gasteiger partial charge in [-0.2, -0.15) is 0 Å². The summed E-state index contributed by atoms with van der Waals surface area (Å²) in [6.45, 7) is 6.51. The van der Waals surface area contributed by atoms with Gasteiger partial charge in [-0.05, 0) is 37.5 Å². The van der Waals surface area contributed by atoms with Gasteiger partial charge in [0.25, 0.3) is 0 Å². The van der Waals surface area contributed by atoms with E-state index in [1.165, 1.54) is 5.56 Å². The molecular formula is C20H29ClN4O2. The molecule has 1 saturated carbocycles. The highest BCUT2D eigenvalue weighted by molar-refractivity contribution is 6.30. The van der Waals surface area contributed by atoms with Gasteiger partial charge in [0, 0.05) is 50.8 Å². The summed E-state index contributed by atoms with van der Waals surface area (Å²) >= 11 is 5.94. The van der Waals surface area contributed by atoms with Crippen LogP contribution in [0.25, 0.3) is 0 Å². The lowest BCUT2D eigenvalue weighted by Gasteiger charge is -2.38. The lowest BCUT2D eigenvalue weighted by molar-refractivity contribution is -0.139. The first-order valence-corrected chi connectivity index (χ1v) is 10.1. The molecule has 1 aromatic carbocycles. The first-order chi connectivity index (χ1) is 12.9. The molecule has 1 N–H and O–H groups in total. The Morgan fingerprint density at radius 2 is 1.81 bits per heavy atom. The van der Waals surface area contributed by atoms with Crippen LogP contribution >= 0.6 is 11.6 Å². The number of carbonyl (C=O) groups is 2. The van der Waals surface area contributed by atoms with Gasteiger partial charge in [-0.25, -0.2) is 0 Å². The van der Waals surface area contributed by atoms with Gasteiger partial charge >= 0.3 is 0 Å². The fourth-order valence-corrected chi connectivity index (χ4v) is 3.55. The molecule has 148 valence electrons. The van der Waals surface area contributed by atoms with E-state index in [2.05, 4.69) is 27.2 Å². The van der Waals surface area contributed by atoms with Crippen molar-refractivity contribution in [2.24, 2.45) is 0 Å². The third-order valence-electron chi connectivity index (χ3n) is 5.33. The van der Waals surface area contributed by atoms with Crippen molar-refractivity contribution in [3.63, 3.8) is 0 Å². The van der Waals surface area contributed by atoms with Crippen molar-refractivity contribution in [1.29, 1.82) is 0 Å². The van der Waals surface area contributed by atoms with Gasteiger partial charge in [0.2, 0.25) is 11.8 Å². The van der Waals surface area contributed by atoms with E-state index in [4.69, 9.17) is 11.6 Å². The van der Waals surface area contributed by atoms with E-state index in [1.54, 1.807) is 11.9 Å². The molecule has 1 heterocycles. The van der Waals surface area contributed by atoms with E-state index in [-0.39, 0.29) is 24.4 Å². The van der Waals surface area contributed by atoms with Crippen LogP contribution in [0.2, 0.25) is 5.02 Å². The molecule has 2 fully saturated rings. The highest BCUT2D eigenvalue weighted by atomic mass is 35.5. The first kappa shape index (κ1) is 20.1. The number of benzene rings is 1. The lowest BCUT2D eigenvalue weighted by Crippen LogP contribution is -2.54. The van der Waals surface area contributed by atoms with Crippen LogP contribution in [-0.2, 0) is 16.1 Å². The molecule has 0 spiro atoms. The number of nitrogens with one attached hydrogen (secondary N) is 1. The van der Waals surface area contributed by atoms with Crippen molar-refractivity contribution in [3.05, 3.63) is 34.9 Å². The normalized spacial score (nSPS) is 19.5. The fourth-order valence-electron chi connectivity index (χ4n) is 3.43. The molecule has 1 aromatic rings. The number of hydrogen-bond donors (Lipinski definition) is 1. The summed E-state index contributed by atoms with van der Waals surface area (Å²) in [4.78, 5) is 30.7. The summed E-state index contributed by atoms with van der Waals surface area (Å²) in [6.07, 6.45) is 2.11. The third-order valence-corrected chi connectivity index (χ3v) is 5.58. The van der Waals surface area contributed by atoms with Crippen molar-refractivity contribution < 1.29 is 9.59 Å². The maximum absolute atomic E-state index is 12.7. The first-order valence-electron chi connectivity index (χ1n) is 9.67. The van der Waals surface area contributed by atoms with Crippen molar-refractivity contribution >= 4 is 23.4 Å². The van der Waals surface area contributed by atoms with E-state index in [0.717, 1.165) is 50.6 Å². The van der Waals surface area contributed by atoms with E-state index >= 15 is 0 Å². The lowest BCUT2D eigenvalue weighted by atomic mass is 10.1. The summed E-state index contributed by atoms with van der Waals surface area (Å²) in [5.41, 5.74) is 1.25. The van der Waals surface area contributed by atoms with Crippen LogP contribution in [0, 0.1) is 0 Å². The molecule has 3 rings (SSSR count). The van der Waals surface area contributed by atoms with Gasteiger partial charge in [0.15, 0.2) is 0 Å². The average Bonchev–Trinajstić information content (AvgIpc) is 3.46. The van der Waals surface area contributed by atoms with Crippen LogP contribution in [-0.4, -0.2) is 78.4 Å². The topological polar surface area (TPSA) is 55.9 Å². The Hall–Kier alpha value is -1.63. The van der Waals surface area contributed by atoms with Gasteiger partial charge in [-0.15, -0.1) is 0 Å². The van der Waals surface area contributed by atoms with Crippen molar-refractivity contribution in [1.82, 2.24) is 20.0 Å². The Morgan fingerprint density at radius 3 is 2.41 bits per heavy atom. The predicted octanol–water partition coefficient (Wildman–Crippen LogP) is 1.58. The maximum atomic E-state index is 12.7. The molecule has 7 heteroatoms. The molecule has 0 aromatic heterocycles. The number of piperazine rings is 1. The van der Waals surface area contributed by atoms with Crippen LogP contribution in [0.1, 0.15) is 25.3 Å². The number of nitrogens with zero attached hydrogens (tertiary/aromatic N) is 3. The molecule has 1 unspecified atom stereocenters. The zero-order valence-electron chi connectivity index (χ0n) is 16.2. The van der Waals surface area contributed by atoms with Crippen LogP contribution in [0.4, 0.5) is 0 Å². The minimum Gasteiger partial charge on any atom is -0.352 e. The number of halogens is 1. The Morgan fingerprint density at radius 1 is 1.19 bits per heavy atom. The fraction of sp³-hybridized carbons (Fsp3) is 0.600. The molecule has 1 aliphatic heterocycles. The van der Waals surface area contributed by atoms with Gasteiger partial charge < -0.3 is 10.2 Å². The number of rotatable bonds is 7. The quantitative estimate of drug-likeness (QED) is 0.765. The number of likely N-dealkylation sites (N-methyl/N-ethyl adjacent to an activating group) is 1. The van der Waals surface area contributed by atoms with Crippen molar-refractivity contribution in [2.45, 2.75) is 38.4 Å². The Labute approximate surface area is 166 Å². The molecule has 1 saturated heterocycles. The van der Waals surface area contributed by atoms with E-state index in [0.29, 0.717) is 6.04 Å². The van der Waals surface area contributed by atoms with Crippen LogP contribution in [0.5, 0.6) is 0 Å². The number of amides is 2. The Kier molecular flexibility index (Phi) is 6.73. The number of hydrogen-bond acceptors (Lipinski definition) is 4. The van der Waals surface area contributed by atoms with Crippen molar-refractivity contribution in [2.75, 3.05) is 39.8 Å². The third kappa shape index (κ3) is 5.92. The second-order valence-corrected chi connectivity index (χ2v) is 8.09. The maximum Gasteiger partial charge on any atom is 0.239 e. The minimum absolute atomic E-state index is 0.00657. The van der Waals surface area contributed by atoms with Crippen LogP contribution in [0.15, 0.2) is 24.3 Å². The molecule has 6 nitrogen and oxygen atoms in total. The molecule has 2 aliphatic rings. The molecule has 0 radical (unpaired) electrons. The molecule has 1 atom stereocenters. The van der Waals surface area contributed by atoms with Crippen LogP contribution < -0.4 is 5.32 Å². The van der Waals surface area contributed by atoms with E-state index < -0.39 is 0 Å². The SMILES string of the molecule is CC(C(=O)N(C)CC(=O)NC1CC1)N1CCN(Cc2ccc(Cl)cc2)CC1. The van der Waals surface area contributed by atoms with E-state index in [1.807, 2.05) is 19.1 Å². The summed E-state index contributed by atoms with van der Waals surface area (Å²) in [7, 11) is 1.71. The summed E-state index contributed by atoms with van der Waals surface area (Å²) in [5, 5.41) is 3.68.